The summed E-state index contributed by atoms with van der Waals surface area (Å²) < 4.78 is 43.4. The van der Waals surface area contributed by atoms with Crippen LogP contribution in [0.15, 0.2) is 35.2 Å². The number of benzene rings is 2. The summed E-state index contributed by atoms with van der Waals surface area (Å²) in [4.78, 5) is 23.6. The van der Waals surface area contributed by atoms with Gasteiger partial charge < -0.3 is 19.5 Å². The summed E-state index contributed by atoms with van der Waals surface area (Å²) in [6, 6.07) is 7.10. The van der Waals surface area contributed by atoms with Crippen LogP contribution in [0.4, 0.5) is 11.4 Å². The van der Waals surface area contributed by atoms with Gasteiger partial charge >= 0.3 is 5.97 Å². The average molecular weight is 420 g/mol. The van der Waals surface area contributed by atoms with E-state index in [4.69, 9.17) is 14.2 Å². The van der Waals surface area contributed by atoms with Crippen molar-refractivity contribution in [2.75, 3.05) is 31.4 Å². The average Bonchev–Trinajstić information content (AvgIpc) is 2.72. The summed E-state index contributed by atoms with van der Waals surface area (Å²) in [6.07, 6.45) is 0.723. The van der Waals surface area contributed by atoms with Crippen molar-refractivity contribution in [3.8, 4) is 11.5 Å². The van der Waals surface area contributed by atoms with Crippen LogP contribution in [0.25, 0.3) is 0 Å². The van der Waals surface area contributed by atoms with E-state index in [0.717, 1.165) is 0 Å². The number of methoxy groups -OCH3 is 3. The quantitative estimate of drug-likeness (QED) is 0.687. The fourth-order valence-corrected chi connectivity index (χ4v) is 4.09. The number of rotatable bonds is 6. The summed E-state index contributed by atoms with van der Waals surface area (Å²) in [5.41, 5.74) is 1.26. The maximum absolute atomic E-state index is 12.9. The minimum absolute atomic E-state index is 0.00185. The number of carbonyl (C=O) groups is 2. The Morgan fingerprint density at radius 3 is 2.38 bits per heavy atom. The largest absolute Gasteiger partial charge is 0.493 e. The van der Waals surface area contributed by atoms with Crippen molar-refractivity contribution in [1.29, 1.82) is 0 Å². The molecule has 0 atom stereocenters. The number of aryl methyl sites for hydroxylation is 1. The number of hydrogen-bond acceptors (Lipinski definition) is 7. The predicted molar refractivity (Wildman–Crippen MR) is 105 cm³/mol. The lowest BCUT2D eigenvalue weighted by Crippen LogP contribution is -2.20. The van der Waals surface area contributed by atoms with Crippen LogP contribution >= 0.6 is 0 Å². The molecule has 1 aliphatic rings. The predicted octanol–water partition coefficient (Wildman–Crippen LogP) is 2.18. The number of nitrogens with one attached hydrogen (secondary N) is 2. The van der Waals surface area contributed by atoms with Gasteiger partial charge in [0.05, 0.1) is 37.5 Å². The molecule has 0 saturated carbocycles. The smallest absolute Gasteiger partial charge is 0.340 e. The Hall–Kier alpha value is -3.27. The number of carbonyl (C=O) groups excluding carboxylic acids is 2. The summed E-state index contributed by atoms with van der Waals surface area (Å²) in [6.45, 7) is 0. The first-order valence-electron chi connectivity index (χ1n) is 8.59. The van der Waals surface area contributed by atoms with Gasteiger partial charge in [0.1, 0.15) is 0 Å². The van der Waals surface area contributed by atoms with Crippen LogP contribution in [0.1, 0.15) is 22.3 Å². The molecule has 0 fully saturated rings. The van der Waals surface area contributed by atoms with Crippen molar-refractivity contribution in [3.63, 3.8) is 0 Å². The van der Waals surface area contributed by atoms with Crippen LogP contribution in [0.3, 0.4) is 0 Å². The van der Waals surface area contributed by atoms with Crippen molar-refractivity contribution in [2.45, 2.75) is 17.7 Å². The highest BCUT2D eigenvalue weighted by Gasteiger charge is 2.24. The van der Waals surface area contributed by atoms with Crippen molar-refractivity contribution in [3.05, 3.63) is 41.5 Å². The Kier molecular flexibility index (Phi) is 5.64. The van der Waals surface area contributed by atoms with E-state index in [1.807, 2.05) is 0 Å². The van der Waals surface area contributed by atoms with E-state index in [9.17, 15) is 18.0 Å². The van der Waals surface area contributed by atoms with Gasteiger partial charge in [-0.15, -0.1) is 0 Å². The summed E-state index contributed by atoms with van der Waals surface area (Å²) in [7, 11) is -0.0544. The van der Waals surface area contributed by atoms with Crippen LogP contribution in [0.5, 0.6) is 11.5 Å². The van der Waals surface area contributed by atoms with Gasteiger partial charge in [-0.05, 0) is 30.2 Å². The first-order valence-corrected chi connectivity index (χ1v) is 10.1. The van der Waals surface area contributed by atoms with E-state index >= 15 is 0 Å². The number of fused-ring (bicyclic) bond motifs is 1. The van der Waals surface area contributed by atoms with Crippen LogP contribution in [-0.4, -0.2) is 41.6 Å². The molecule has 0 radical (unpaired) electrons. The van der Waals surface area contributed by atoms with Crippen molar-refractivity contribution in [1.82, 2.24) is 0 Å². The molecule has 0 spiro atoms. The lowest BCUT2D eigenvalue weighted by Gasteiger charge is -2.19. The van der Waals surface area contributed by atoms with Gasteiger partial charge in [0.25, 0.3) is 10.0 Å². The number of sulfonamides is 1. The lowest BCUT2D eigenvalue weighted by atomic mass is 10.0. The summed E-state index contributed by atoms with van der Waals surface area (Å²) in [5, 5.41) is 2.70. The highest BCUT2D eigenvalue weighted by atomic mass is 32.2. The maximum Gasteiger partial charge on any atom is 0.340 e. The van der Waals surface area contributed by atoms with Crippen molar-refractivity contribution < 1.29 is 32.2 Å². The Morgan fingerprint density at radius 1 is 1.03 bits per heavy atom. The zero-order chi connectivity index (χ0) is 21.2. The monoisotopic (exact) mass is 420 g/mol. The molecule has 0 saturated heterocycles. The summed E-state index contributed by atoms with van der Waals surface area (Å²) >= 11 is 0. The fourth-order valence-electron chi connectivity index (χ4n) is 2.97. The van der Waals surface area contributed by atoms with Crippen LogP contribution in [-0.2, 0) is 26.0 Å². The molecule has 154 valence electrons. The normalized spacial score (nSPS) is 13.1. The van der Waals surface area contributed by atoms with E-state index in [2.05, 4.69) is 10.0 Å². The third-order valence-electron chi connectivity index (χ3n) is 4.46. The van der Waals surface area contributed by atoms with E-state index < -0.39 is 16.0 Å². The van der Waals surface area contributed by atoms with Gasteiger partial charge in [-0.25, -0.2) is 13.2 Å². The van der Waals surface area contributed by atoms with Crippen molar-refractivity contribution >= 4 is 33.3 Å². The molecule has 29 heavy (non-hydrogen) atoms. The molecule has 1 aliphatic heterocycles. The van der Waals surface area contributed by atoms with E-state index in [0.29, 0.717) is 17.7 Å². The minimum Gasteiger partial charge on any atom is -0.493 e. The molecule has 0 aromatic heterocycles. The number of esters is 1. The highest BCUT2D eigenvalue weighted by molar-refractivity contribution is 7.92. The third-order valence-corrected chi connectivity index (χ3v) is 5.82. The highest BCUT2D eigenvalue weighted by Crippen LogP contribution is 2.35. The number of amides is 1. The number of ether oxygens (including phenoxy) is 3. The molecule has 9 nitrogen and oxygen atoms in total. The van der Waals surface area contributed by atoms with E-state index in [-0.39, 0.29) is 40.0 Å². The second-order valence-corrected chi connectivity index (χ2v) is 7.90. The van der Waals surface area contributed by atoms with Gasteiger partial charge in [0.15, 0.2) is 11.5 Å². The molecule has 2 N–H and O–H groups in total. The number of hydrogen-bond donors (Lipinski definition) is 2. The Morgan fingerprint density at radius 2 is 1.72 bits per heavy atom. The Balaban J connectivity index is 2.02. The fraction of sp³-hybridized carbons (Fsp3) is 0.263. The topological polar surface area (TPSA) is 120 Å². The van der Waals surface area contributed by atoms with Crippen LogP contribution in [0, 0.1) is 0 Å². The Bertz CT molecular complexity index is 1080. The van der Waals surface area contributed by atoms with Gasteiger partial charge in [-0.2, -0.15) is 0 Å². The zero-order valence-electron chi connectivity index (χ0n) is 16.1. The SMILES string of the molecule is COC(=O)c1cc(OC)c(OC)cc1NS(=O)(=O)c1ccc2c(c1)CCC(=O)N2. The molecular weight excluding hydrogens is 400 g/mol. The maximum atomic E-state index is 12.9. The van der Waals surface area contributed by atoms with E-state index in [1.165, 1.54) is 51.7 Å². The molecule has 0 aliphatic carbocycles. The van der Waals surface area contributed by atoms with Gasteiger partial charge in [0.2, 0.25) is 5.91 Å². The van der Waals surface area contributed by atoms with Crippen molar-refractivity contribution in [2.24, 2.45) is 0 Å². The molecule has 1 heterocycles. The summed E-state index contributed by atoms with van der Waals surface area (Å²) in [5.74, 6) is -0.359. The first kappa shape index (κ1) is 20.5. The minimum atomic E-state index is -4.04. The third kappa shape index (κ3) is 4.11. The molecule has 10 heteroatoms. The molecule has 2 aromatic carbocycles. The molecule has 0 unspecified atom stereocenters. The second-order valence-electron chi connectivity index (χ2n) is 6.22. The van der Waals surface area contributed by atoms with Gasteiger partial charge in [-0.1, -0.05) is 0 Å². The first-order chi connectivity index (χ1) is 13.8. The van der Waals surface area contributed by atoms with Crippen LogP contribution in [0.2, 0.25) is 0 Å². The molecule has 2 aromatic rings. The molecular formula is C19H20N2O7S. The Labute approximate surface area is 168 Å². The van der Waals surface area contributed by atoms with Gasteiger partial charge in [0, 0.05) is 24.2 Å². The second kappa shape index (κ2) is 8.00. The zero-order valence-corrected chi connectivity index (χ0v) is 16.9. The standard InChI is InChI=1S/C19H20N2O7S/c1-26-16-9-13(19(23)28-3)15(10-17(16)27-2)21-29(24,25)12-5-6-14-11(8-12)4-7-18(22)20-14/h5-6,8-10,21H,4,7H2,1-3H3,(H,20,22). The van der Waals surface area contributed by atoms with Gasteiger partial charge in [-0.3, -0.25) is 9.52 Å². The van der Waals surface area contributed by atoms with E-state index in [1.54, 1.807) is 0 Å². The molecule has 1 amide bonds. The molecule has 3 rings (SSSR count). The van der Waals surface area contributed by atoms with Crippen LogP contribution < -0.4 is 19.5 Å². The lowest BCUT2D eigenvalue weighted by molar-refractivity contribution is -0.116. The molecule has 0 bridgehead atoms. The number of anilines is 2.